The van der Waals surface area contributed by atoms with Crippen LogP contribution >= 0.6 is 11.8 Å². The minimum atomic E-state index is 0.438. The van der Waals surface area contributed by atoms with E-state index in [0.717, 1.165) is 17.3 Å². The molecule has 0 spiro atoms. The molecule has 5 rings (SSSR count). The molecule has 1 N–H and O–H groups in total. The first-order valence-corrected chi connectivity index (χ1v) is 10.6. The number of thioether (sulfide) groups is 1. The number of hydrogen-bond acceptors (Lipinski definition) is 5. The molecule has 2 aromatic carbocycles. The minimum Gasteiger partial charge on any atom is -0.363 e. The summed E-state index contributed by atoms with van der Waals surface area (Å²) in [5, 5.41) is 12.8. The SMILES string of the molecule is c1ccc(-c2cccc(CNc3nccn4c([C@@H]5CCCS5)nnc34)c2)cc1. The maximum Gasteiger partial charge on any atom is 0.203 e. The van der Waals surface area contributed by atoms with Gasteiger partial charge >= 0.3 is 0 Å². The lowest BCUT2D eigenvalue weighted by Gasteiger charge is -2.10. The van der Waals surface area contributed by atoms with Crippen molar-refractivity contribution in [2.45, 2.75) is 24.6 Å². The van der Waals surface area contributed by atoms with Gasteiger partial charge in [-0.2, -0.15) is 11.8 Å². The molecule has 1 atom stereocenters. The molecule has 3 heterocycles. The van der Waals surface area contributed by atoms with Crippen molar-refractivity contribution >= 4 is 23.2 Å². The van der Waals surface area contributed by atoms with E-state index in [1.807, 2.05) is 30.2 Å². The predicted molar refractivity (Wildman–Crippen MR) is 114 cm³/mol. The first kappa shape index (κ1) is 17.3. The number of hydrogen-bond donors (Lipinski definition) is 1. The lowest BCUT2D eigenvalue weighted by atomic mass is 10.0. The molecule has 0 amide bonds. The Morgan fingerprint density at radius 3 is 2.79 bits per heavy atom. The van der Waals surface area contributed by atoms with E-state index in [4.69, 9.17) is 0 Å². The maximum absolute atomic E-state index is 4.50. The first-order chi connectivity index (χ1) is 13.9. The van der Waals surface area contributed by atoms with Crippen LogP contribution in [0.15, 0.2) is 67.0 Å². The van der Waals surface area contributed by atoms with Crippen molar-refractivity contribution in [1.82, 2.24) is 19.6 Å². The molecule has 0 saturated carbocycles. The number of anilines is 1. The molecule has 0 unspecified atom stereocenters. The number of fused-ring (bicyclic) bond motifs is 1. The Labute approximate surface area is 168 Å². The van der Waals surface area contributed by atoms with Crippen LogP contribution in [0.25, 0.3) is 16.8 Å². The second-order valence-electron chi connectivity index (χ2n) is 6.95. The van der Waals surface area contributed by atoms with Crippen molar-refractivity contribution in [3.05, 3.63) is 78.4 Å². The molecule has 28 heavy (non-hydrogen) atoms. The second kappa shape index (κ2) is 7.64. The van der Waals surface area contributed by atoms with Crippen LogP contribution in [0.2, 0.25) is 0 Å². The second-order valence-corrected chi connectivity index (χ2v) is 8.26. The van der Waals surface area contributed by atoms with Crippen molar-refractivity contribution in [3.8, 4) is 11.1 Å². The third kappa shape index (κ3) is 3.36. The molecule has 0 radical (unpaired) electrons. The average molecular weight is 388 g/mol. The van der Waals surface area contributed by atoms with Gasteiger partial charge in [0.05, 0.1) is 5.25 Å². The Hall–Kier alpha value is -2.86. The van der Waals surface area contributed by atoms with Crippen LogP contribution in [-0.2, 0) is 6.54 Å². The van der Waals surface area contributed by atoms with E-state index in [0.29, 0.717) is 11.8 Å². The zero-order valence-corrected chi connectivity index (χ0v) is 16.3. The van der Waals surface area contributed by atoms with Crippen LogP contribution in [0.5, 0.6) is 0 Å². The Morgan fingerprint density at radius 2 is 1.93 bits per heavy atom. The highest BCUT2D eigenvalue weighted by Crippen LogP contribution is 2.39. The topological polar surface area (TPSA) is 55.1 Å². The maximum atomic E-state index is 4.50. The highest BCUT2D eigenvalue weighted by molar-refractivity contribution is 7.99. The van der Waals surface area contributed by atoms with Gasteiger partial charge in [-0.3, -0.25) is 4.40 Å². The van der Waals surface area contributed by atoms with Crippen LogP contribution in [0, 0.1) is 0 Å². The van der Waals surface area contributed by atoms with E-state index in [9.17, 15) is 0 Å². The predicted octanol–water partition coefficient (Wildman–Crippen LogP) is 4.97. The van der Waals surface area contributed by atoms with E-state index < -0.39 is 0 Å². The van der Waals surface area contributed by atoms with Crippen molar-refractivity contribution in [1.29, 1.82) is 0 Å². The molecule has 140 valence electrons. The fraction of sp³-hybridized carbons (Fsp3) is 0.227. The molecule has 2 aromatic heterocycles. The Bertz CT molecular complexity index is 1090. The van der Waals surface area contributed by atoms with E-state index in [2.05, 4.69) is 73.4 Å². The normalized spacial score (nSPS) is 16.5. The summed E-state index contributed by atoms with van der Waals surface area (Å²) in [6.45, 7) is 0.688. The Morgan fingerprint density at radius 1 is 1.04 bits per heavy atom. The third-order valence-electron chi connectivity index (χ3n) is 5.07. The van der Waals surface area contributed by atoms with Crippen LogP contribution in [0.3, 0.4) is 0 Å². The van der Waals surface area contributed by atoms with Crippen molar-refractivity contribution in [2.24, 2.45) is 0 Å². The lowest BCUT2D eigenvalue weighted by Crippen LogP contribution is -2.05. The zero-order valence-electron chi connectivity index (χ0n) is 15.5. The average Bonchev–Trinajstić information content (AvgIpc) is 3.43. The molecule has 4 aromatic rings. The number of rotatable bonds is 5. The number of nitrogens with one attached hydrogen (secondary N) is 1. The number of aromatic nitrogens is 4. The molecule has 1 saturated heterocycles. The lowest BCUT2D eigenvalue weighted by molar-refractivity contribution is 0.765. The minimum absolute atomic E-state index is 0.438. The summed E-state index contributed by atoms with van der Waals surface area (Å²) in [6.07, 6.45) is 6.20. The molecule has 1 aliphatic heterocycles. The quantitative estimate of drug-likeness (QED) is 0.524. The molecule has 0 aliphatic carbocycles. The standard InChI is InChI=1S/C22H21N5S/c1-2-7-17(8-3-1)18-9-4-6-16(14-18)15-24-20-22-26-25-21(19-10-5-13-28-19)27(22)12-11-23-20/h1-4,6-9,11-12,14,19H,5,10,13,15H2,(H,23,24)/t19-/m0/s1. The zero-order chi connectivity index (χ0) is 18.8. The van der Waals surface area contributed by atoms with Crippen LogP contribution in [0.4, 0.5) is 5.82 Å². The monoisotopic (exact) mass is 387 g/mol. The summed E-state index contributed by atoms with van der Waals surface area (Å²) >= 11 is 1.97. The molecule has 5 nitrogen and oxygen atoms in total. The smallest absolute Gasteiger partial charge is 0.203 e. The van der Waals surface area contributed by atoms with Crippen molar-refractivity contribution in [2.75, 3.05) is 11.1 Å². The van der Waals surface area contributed by atoms with Gasteiger partial charge in [0.25, 0.3) is 0 Å². The Kier molecular flexibility index (Phi) is 4.71. The fourth-order valence-corrected chi connectivity index (χ4v) is 4.91. The van der Waals surface area contributed by atoms with Crippen molar-refractivity contribution < 1.29 is 0 Å². The summed E-state index contributed by atoms with van der Waals surface area (Å²) in [6, 6.07) is 19.0. The summed E-state index contributed by atoms with van der Waals surface area (Å²) in [7, 11) is 0. The first-order valence-electron chi connectivity index (χ1n) is 9.58. The highest BCUT2D eigenvalue weighted by atomic mass is 32.2. The van der Waals surface area contributed by atoms with Crippen LogP contribution in [0.1, 0.15) is 29.5 Å². The van der Waals surface area contributed by atoms with E-state index in [-0.39, 0.29) is 0 Å². The molecule has 1 aliphatic rings. The van der Waals surface area contributed by atoms with Gasteiger partial charge in [-0.25, -0.2) is 4.98 Å². The fourth-order valence-electron chi connectivity index (χ4n) is 3.65. The van der Waals surface area contributed by atoms with Gasteiger partial charge in [-0.15, -0.1) is 10.2 Å². The van der Waals surface area contributed by atoms with Gasteiger partial charge in [-0.1, -0.05) is 48.5 Å². The number of benzene rings is 2. The molecule has 6 heteroatoms. The Balaban J connectivity index is 1.38. The molecular formula is C22H21N5S. The van der Waals surface area contributed by atoms with Gasteiger partial charge in [-0.05, 0) is 41.4 Å². The van der Waals surface area contributed by atoms with Crippen LogP contribution < -0.4 is 5.32 Å². The summed E-state index contributed by atoms with van der Waals surface area (Å²) < 4.78 is 2.08. The van der Waals surface area contributed by atoms with Crippen LogP contribution in [-0.4, -0.2) is 25.3 Å². The van der Waals surface area contributed by atoms with E-state index >= 15 is 0 Å². The van der Waals surface area contributed by atoms with Gasteiger partial charge in [0.15, 0.2) is 11.6 Å². The molecule has 0 bridgehead atoms. The van der Waals surface area contributed by atoms with Gasteiger partial charge in [0, 0.05) is 18.9 Å². The van der Waals surface area contributed by atoms with Crippen molar-refractivity contribution in [3.63, 3.8) is 0 Å². The van der Waals surface area contributed by atoms with Gasteiger partial charge in [0.2, 0.25) is 5.65 Å². The third-order valence-corrected chi connectivity index (χ3v) is 6.44. The van der Waals surface area contributed by atoms with E-state index in [1.165, 1.54) is 35.3 Å². The van der Waals surface area contributed by atoms with Gasteiger partial charge < -0.3 is 5.32 Å². The number of nitrogens with zero attached hydrogens (tertiary/aromatic N) is 4. The summed E-state index contributed by atoms with van der Waals surface area (Å²) in [5.74, 6) is 3.01. The van der Waals surface area contributed by atoms with E-state index in [1.54, 1.807) is 0 Å². The molecular weight excluding hydrogens is 366 g/mol. The molecule has 1 fully saturated rings. The largest absolute Gasteiger partial charge is 0.363 e. The van der Waals surface area contributed by atoms with Gasteiger partial charge in [0.1, 0.15) is 0 Å². The summed E-state index contributed by atoms with van der Waals surface area (Å²) in [4.78, 5) is 4.50. The summed E-state index contributed by atoms with van der Waals surface area (Å²) in [5.41, 5.74) is 4.44. The highest BCUT2D eigenvalue weighted by Gasteiger charge is 2.23.